The second-order valence-electron chi connectivity index (χ2n) is 9.87. The minimum atomic E-state index is -0.291. The summed E-state index contributed by atoms with van der Waals surface area (Å²) in [5.74, 6) is -1.66. The lowest BCUT2D eigenvalue weighted by molar-refractivity contribution is -0.141. The van der Waals surface area contributed by atoms with Gasteiger partial charge in [-0.25, -0.2) is 0 Å². The fraction of sp³-hybridized carbons (Fsp3) is 0.750. The molecule has 10 nitrogen and oxygen atoms in total. The van der Waals surface area contributed by atoms with Crippen molar-refractivity contribution in [1.82, 2.24) is 19.6 Å². The number of carbonyl (C=O) groups excluding carboxylic acids is 6. The van der Waals surface area contributed by atoms with E-state index in [1.165, 1.54) is 14.7 Å². The summed E-state index contributed by atoms with van der Waals surface area (Å²) < 4.78 is 0. The van der Waals surface area contributed by atoms with Gasteiger partial charge in [-0.2, -0.15) is 0 Å². The van der Waals surface area contributed by atoms with E-state index in [9.17, 15) is 28.8 Å². The Hall–Kier alpha value is -2.62. The van der Waals surface area contributed by atoms with Crippen LogP contribution >= 0.6 is 0 Å². The third-order valence-electron chi connectivity index (χ3n) is 7.04. The van der Waals surface area contributed by atoms with Gasteiger partial charge in [0, 0.05) is 69.7 Å². The van der Waals surface area contributed by atoms with E-state index < -0.39 is 0 Å². The first-order valence-electron chi connectivity index (χ1n) is 12.3. The monoisotopic (exact) mass is 476 g/mol. The fourth-order valence-electron chi connectivity index (χ4n) is 4.85. The molecule has 6 amide bonds. The number of amides is 6. The molecule has 0 aromatic rings. The molecule has 0 bridgehead atoms. The molecule has 0 N–H and O–H groups in total. The van der Waals surface area contributed by atoms with Crippen LogP contribution in [0.15, 0.2) is 0 Å². The molecule has 0 aliphatic carbocycles. The first-order valence-corrected chi connectivity index (χ1v) is 12.3. The zero-order valence-electron chi connectivity index (χ0n) is 20.5. The largest absolute Gasteiger partial charge is 0.300 e. The topological polar surface area (TPSA) is 115 Å². The number of nitrogens with zero attached hydrogens (tertiary/aromatic N) is 4. The van der Waals surface area contributed by atoms with Crippen molar-refractivity contribution >= 4 is 35.4 Å². The van der Waals surface area contributed by atoms with Crippen molar-refractivity contribution < 1.29 is 28.8 Å². The van der Waals surface area contributed by atoms with Gasteiger partial charge in [0.05, 0.1) is 0 Å². The summed E-state index contributed by atoms with van der Waals surface area (Å²) in [6.45, 7) is 7.87. The Morgan fingerprint density at radius 3 is 1.29 bits per heavy atom. The minimum absolute atomic E-state index is 0.102. The van der Waals surface area contributed by atoms with E-state index in [0.717, 1.165) is 12.8 Å². The van der Waals surface area contributed by atoms with Crippen LogP contribution in [-0.4, -0.2) is 94.3 Å². The number of hydrogen-bond donors (Lipinski definition) is 0. The summed E-state index contributed by atoms with van der Waals surface area (Å²) in [7, 11) is 0. The average molecular weight is 477 g/mol. The highest BCUT2D eigenvalue weighted by Crippen LogP contribution is 2.21. The predicted octanol–water partition coefficient (Wildman–Crippen LogP) is 0.644. The van der Waals surface area contributed by atoms with E-state index >= 15 is 0 Å². The first-order chi connectivity index (χ1) is 16.1. The molecule has 3 heterocycles. The molecule has 3 aliphatic rings. The predicted molar refractivity (Wildman–Crippen MR) is 122 cm³/mol. The van der Waals surface area contributed by atoms with Gasteiger partial charge in [-0.15, -0.1) is 0 Å². The van der Waals surface area contributed by atoms with E-state index in [1.807, 2.05) is 0 Å². The summed E-state index contributed by atoms with van der Waals surface area (Å²) in [5.41, 5.74) is 0. The summed E-state index contributed by atoms with van der Waals surface area (Å²) in [4.78, 5) is 78.7. The smallest absolute Gasteiger partial charge is 0.232 e. The maximum atomic E-state index is 12.2. The van der Waals surface area contributed by atoms with Gasteiger partial charge in [-0.05, 0) is 19.4 Å². The molecule has 0 saturated carbocycles. The number of hydrogen-bond acceptors (Lipinski definition) is 7. The Bertz CT molecular complexity index is 814. The van der Waals surface area contributed by atoms with Gasteiger partial charge < -0.3 is 0 Å². The van der Waals surface area contributed by atoms with Crippen molar-refractivity contribution in [3.63, 3.8) is 0 Å². The lowest BCUT2D eigenvalue weighted by Gasteiger charge is -2.27. The van der Waals surface area contributed by atoms with Crippen LogP contribution in [0.4, 0.5) is 0 Å². The van der Waals surface area contributed by atoms with Gasteiger partial charge in [0.15, 0.2) is 0 Å². The summed E-state index contributed by atoms with van der Waals surface area (Å²) in [6.07, 6.45) is 3.06. The van der Waals surface area contributed by atoms with E-state index in [2.05, 4.69) is 4.90 Å². The maximum Gasteiger partial charge on any atom is 0.232 e. The van der Waals surface area contributed by atoms with Gasteiger partial charge in [-0.1, -0.05) is 27.2 Å². The Balaban J connectivity index is 1.49. The van der Waals surface area contributed by atoms with E-state index in [-0.39, 0.29) is 85.5 Å². The number of imide groups is 3. The molecule has 0 spiro atoms. The molecule has 3 saturated heterocycles. The Morgan fingerprint density at radius 1 is 0.559 bits per heavy atom. The standard InChI is InChI=1S/C24H36N4O6/c1-16-13-19(29)26(22(16)32)8-6-4-5-7-25(9-11-27-20(30)14-17(2)23(27)33)10-12-28-21(31)15-18(3)24(28)34/h16-18H,4-15H2,1-3H3. The highest BCUT2D eigenvalue weighted by Gasteiger charge is 2.37. The van der Waals surface area contributed by atoms with Crippen molar-refractivity contribution in [2.45, 2.75) is 59.3 Å². The highest BCUT2D eigenvalue weighted by molar-refractivity contribution is 6.04. The van der Waals surface area contributed by atoms with Crippen LogP contribution in [0.5, 0.6) is 0 Å². The quantitative estimate of drug-likeness (QED) is 0.300. The molecule has 0 radical (unpaired) electrons. The number of rotatable bonds is 12. The molecule has 34 heavy (non-hydrogen) atoms. The first kappa shape index (κ1) is 26.0. The molecule has 3 atom stereocenters. The second-order valence-corrected chi connectivity index (χ2v) is 9.87. The van der Waals surface area contributed by atoms with Crippen LogP contribution in [0, 0.1) is 17.8 Å². The van der Waals surface area contributed by atoms with E-state index in [4.69, 9.17) is 0 Å². The van der Waals surface area contributed by atoms with Gasteiger partial charge in [0.2, 0.25) is 35.4 Å². The summed E-state index contributed by atoms with van der Waals surface area (Å²) in [6, 6.07) is 0. The molecule has 3 rings (SSSR count). The number of likely N-dealkylation sites (tertiary alicyclic amines) is 3. The van der Waals surface area contributed by atoms with Crippen LogP contribution in [0.25, 0.3) is 0 Å². The average Bonchev–Trinajstić information content (AvgIpc) is 3.28. The minimum Gasteiger partial charge on any atom is -0.300 e. The van der Waals surface area contributed by atoms with Crippen molar-refractivity contribution in [3.8, 4) is 0 Å². The Kier molecular flexibility index (Phi) is 8.57. The lowest BCUT2D eigenvalue weighted by atomic mass is 10.1. The molecule has 188 valence electrons. The van der Waals surface area contributed by atoms with Crippen LogP contribution in [0.2, 0.25) is 0 Å². The van der Waals surface area contributed by atoms with Gasteiger partial charge in [0.1, 0.15) is 0 Å². The van der Waals surface area contributed by atoms with Crippen LogP contribution in [-0.2, 0) is 28.8 Å². The van der Waals surface area contributed by atoms with Crippen molar-refractivity contribution in [1.29, 1.82) is 0 Å². The van der Waals surface area contributed by atoms with Crippen LogP contribution < -0.4 is 0 Å². The highest BCUT2D eigenvalue weighted by atomic mass is 16.2. The zero-order valence-corrected chi connectivity index (χ0v) is 20.5. The van der Waals surface area contributed by atoms with E-state index in [0.29, 0.717) is 32.6 Å². The van der Waals surface area contributed by atoms with Crippen LogP contribution in [0.3, 0.4) is 0 Å². The summed E-state index contributed by atoms with van der Waals surface area (Å²) in [5, 5.41) is 0. The third kappa shape index (κ3) is 5.89. The summed E-state index contributed by atoms with van der Waals surface area (Å²) >= 11 is 0. The zero-order chi connectivity index (χ0) is 25.0. The molecule has 0 aromatic carbocycles. The number of carbonyl (C=O) groups is 6. The van der Waals surface area contributed by atoms with Crippen molar-refractivity contribution in [3.05, 3.63) is 0 Å². The molecule has 0 aromatic heterocycles. The maximum absolute atomic E-state index is 12.2. The molecule has 3 fully saturated rings. The fourth-order valence-corrected chi connectivity index (χ4v) is 4.85. The Labute approximate surface area is 200 Å². The molecular formula is C24H36N4O6. The van der Waals surface area contributed by atoms with Gasteiger partial charge in [-0.3, -0.25) is 48.4 Å². The normalized spacial score (nSPS) is 25.8. The molecule has 3 aliphatic heterocycles. The van der Waals surface area contributed by atoms with Crippen molar-refractivity contribution in [2.24, 2.45) is 17.8 Å². The van der Waals surface area contributed by atoms with Crippen LogP contribution in [0.1, 0.15) is 59.3 Å². The number of unbranched alkanes of at least 4 members (excludes halogenated alkanes) is 2. The lowest BCUT2D eigenvalue weighted by Crippen LogP contribution is -2.43. The van der Waals surface area contributed by atoms with E-state index in [1.54, 1.807) is 20.8 Å². The molecule has 3 unspecified atom stereocenters. The molecular weight excluding hydrogens is 440 g/mol. The van der Waals surface area contributed by atoms with Gasteiger partial charge >= 0.3 is 0 Å². The molecule has 10 heteroatoms. The Morgan fingerprint density at radius 2 is 0.941 bits per heavy atom. The van der Waals surface area contributed by atoms with Crippen molar-refractivity contribution in [2.75, 3.05) is 39.3 Å². The SMILES string of the molecule is CC1CC(=O)N(CCCCCN(CCN2C(=O)CC(C)C2=O)CCN2C(=O)CC(C)C2=O)C1=O. The van der Waals surface area contributed by atoms with Gasteiger partial charge in [0.25, 0.3) is 0 Å². The third-order valence-corrected chi connectivity index (χ3v) is 7.04. The second kappa shape index (κ2) is 11.2.